The summed E-state index contributed by atoms with van der Waals surface area (Å²) >= 11 is 3.54. The topological polar surface area (TPSA) is 50.8 Å². The van der Waals surface area contributed by atoms with Crippen LogP contribution in [0.1, 0.15) is 42.3 Å². The van der Waals surface area contributed by atoms with Crippen LogP contribution in [0.3, 0.4) is 0 Å². The first-order valence-electron chi connectivity index (χ1n) is 9.43. The second kappa shape index (κ2) is 10.5. The lowest BCUT2D eigenvalue weighted by atomic mass is 10.1. The zero-order chi connectivity index (χ0) is 20.7. The first-order valence-corrected chi connectivity index (χ1v) is 10.2. The van der Waals surface area contributed by atoms with E-state index in [9.17, 15) is 4.79 Å². The molecule has 0 radical (unpaired) electrons. The highest BCUT2D eigenvalue weighted by Crippen LogP contribution is 2.36. The van der Waals surface area contributed by atoms with E-state index >= 15 is 0 Å². The number of rotatable bonds is 9. The fraction of sp³-hybridized carbons (Fsp3) is 0.409. The van der Waals surface area contributed by atoms with Gasteiger partial charge in [-0.05, 0) is 72.1 Å². The van der Waals surface area contributed by atoms with Crippen molar-refractivity contribution in [2.75, 3.05) is 20.8 Å². The van der Waals surface area contributed by atoms with Crippen LogP contribution < -0.4 is 14.8 Å². The molecule has 28 heavy (non-hydrogen) atoms. The maximum Gasteiger partial charge on any atom is 0.253 e. The number of nitrogens with one attached hydrogen (secondary N) is 1. The number of nitrogens with zero attached hydrogens (tertiary/aromatic N) is 1. The molecule has 0 spiro atoms. The quantitative estimate of drug-likeness (QED) is 0.607. The summed E-state index contributed by atoms with van der Waals surface area (Å²) in [6.07, 6.45) is 0. The van der Waals surface area contributed by atoms with E-state index in [0.29, 0.717) is 31.0 Å². The van der Waals surface area contributed by atoms with Crippen molar-refractivity contribution in [1.29, 1.82) is 0 Å². The van der Waals surface area contributed by atoms with Crippen LogP contribution in [0.5, 0.6) is 11.5 Å². The third-order valence-corrected chi connectivity index (χ3v) is 5.12. The van der Waals surface area contributed by atoms with Gasteiger partial charge in [0.15, 0.2) is 11.5 Å². The minimum absolute atomic E-state index is 0.0426. The molecule has 0 saturated heterocycles. The Morgan fingerprint density at radius 1 is 1.14 bits per heavy atom. The number of halogens is 1. The molecule has 0 aliphatic rings. The Labute approximate surface area is 176 Å². The Morgan fingerprint density at radius 3 is 2.36 bits per heavy atom. The van der Waals surface area contributed by atoms with Crippen LogP contribution in [0.25, 0.3) is 0 Å². The molecule has 5 nitrogen and oxygen atoms in total. The van der Waals surface area contributed by atoms with Crippen LogP contribution in [-0.4, -0.2) is 37.6 Å². The number of carbonyl (C=O) groups is 1. The number of hydrogen-bond donors (Lipinski definition) is 1. The van der Waals surface area contributed by atoms with E-state index in [1.807, 2.05) is 64.2 Å². The zero-order valence-electron chi connectivity index (χ0n) is 17.2. The Morgan fingerprint density at radius 2 is 1.79 bits per heavy atom. The molecule has 6 heteroatoms. The summed E-state index contributed by atoms with van der Waals surface area (Å²) in [7, 11) is 3.46. The predicted octanol–water partition coefficient (Wildman–Crippen LogP) is 4.63. The molecule has 0 aliphatic heterocycles. The van der Waals surface area contributed by atoms with Gasteiger partial charge in [0.05, 0.1) is 18.2 Å². The van der Waals surface area contributed by atoms with Crippen molar-refractivity contribution in [3.05, 3.63) is 57.6 Å². The molecule has 0 heterocycles. The minimum Gasteiger partial charge on any atom is -0.492 e. The summed E-state index contributed by atoms with van der Waals surface area (Å²) in [6.45, 7) is 7.94. The summed E-state index contributed by atoms with van der Waals surface area (Å²) in [5.74, 6) is 1.48. The highest BCUT2D eigenvalue weighted by Gasteiger charge is 2.14. The van der Waals surface area contributed by atoms with Crippen LogP contribution >= 0.6 is 15.9 Å². The first kappa shape index (κ1) is 22.2. The zero-order valence-corrected chi connectivity index (χ0v) is 18.8. The monoisotopic (exact) mass is 448 g/mol. The molecule has 0 unspecified atom stereocenters. The molecule has 1 N–H and O–H groups in total. The standard InChI is InChI=1S/C22H29BrN2O3/c1-6-28-20-12-17(11-19(23)21(20)27-5)14-24-13-16-7-9-18(10-8-16)22(26)25(4)15(2)3/h7-12,15,24H,6,13-14H2,1-5H3. The van der Waals surface area contributed by atoms with Crippen LogP contribution in [0.15, 0.2) is 40.9 Å². The molecular weight excluding hydrogens is 420 g/mol. The van der Waals surface area contributed by atoms with Gasteiger partial charge in [-0.25, -0.2) is 0 Å². The van der Waals surface area contributed by atoms with Crippen molar-refractivity contribution in [3.63, 3.8) is 0 Å². The highest BCUT2D eigenvalue weighted by molar-refractivity contribution is 9.10. The van der Waals surface area contributed by atoms with Gasteiger partial charge in [-0.2, -0.15) is 0 Å². The van der Waals surface area contributed by atoms with Crippen molar-refractivity contribution in [2.24, 2.45) is 0 Å². The predicted molar refractivity (Wildman–Crippen MR) is 116 cm³/mol. The van der Waals surface area contributed by atoms with E-state index in [1.165, 1.54) is 0 Å². The van der Waals surface area contributed by atoms with E-state index in [4.69, 9.17) is 9.47 Å². The number of ether oxygens (including phenoxy) is 2. The average molecular weight is 449 g/mol. The lowest BCUT2D eigenvalue weighted by Gasteiger charge is -2.21. The third kappa shape index (κ3) is 5.72. The molecule has 1 amide bonds. The normalized spacial score (nSPS) is 10.8. The Kier molecular flexibility index (Phi) is 8.33. The number of benzene rings is 2. The molecule has 0 atom stereocenters. The van der Waals surface area contributed by atoms with Crippen LogP contribution in [-0.2, 0) is 13.1 Å². The molecule has 2 aromatic carbocycles. The molecule has 152 valence electrons. The van der Waals surface area contributed by atoms with Gasteiger partial charge in [-0.1, -0.05) is 12.1 Å². The van der Waals surface area contributed by atoms with E-state index in [-0.39, 0.29) is 11.9 Å². The van der Waals surface area contributed by atoms with Gasteiger partial charge in [0.1, 0.15) is 0 Å². The number of hydrogen-bond acceptors (Lipinski definition) is 4. The highest BCUT2D eigenvalue weighted by atomic mass is 79.9. The molecule has 2 rings (SSSR count). The van der Waals surface area contributed by atoms with Crippen LogP contribution in [0.4, 0.5) is 0 Å². The third-order valence-electron chi connectivity index (χ3n) is 4.53. The summed E-state index contributed by atoms with van der Waals surface area (Å²) in [6, 6.07) is 11.9. The van der Waals surface area contributed by atoms with Gasteiger partial charge in [-0.15, -0.1) is 0 Å². The van der Waals surface area contributed by atoms with E-state index in [2.05, 4.69) is 21.2 Å². The minimum atomic E-state index is 0.0426. The van der Waals surface area contributed by atoms with Crippen LogP contribution in [0.2, 0.25) is 0 Å². The summed E-state index contributed by atoms with van der Waals surface area (Å²) in [4.78, 5) is 14.1. The van der Waals surface area contributed by atoms with Gasteiger partial charge < -0.3 is 19.7 Å². The van der Waals surface area contributed by atoms with Crippen molar-refractivity contribution < 1.29 is 14.3 Å². The van der Waals surface area contributed by atoms with Gasteiger partial charge in [-0.3, -0.25) is 4.79 Å². The summed E-state index contributed by atoms with van der Waals surface area (Å²) in [5, 5.41) is 3.43. The molecule has 0 aliphatic carbocycles. The molecule has 0 saturated carbocycles. The smallest absolute Gasteiger partial charge is 0.253 e. The summed E-state index contributed by atoms with van der Waals surface area (Å²) in [5.41, 5.74) is 2.93. The molecule has 0 bridgehead atoms. The fourth-order valence-electron chi connectivity index (χ4n) is 2.74. The van der Waals surface area contributed by atoms with Gasteiger partial charge in [0, 0.05) is 31.7 Å². The summed E-state index contributed by atoms with van der Waals surface area (Å²) < 4.78 is 11.9. The van der Waals surface area contributed by atoms with Gasteiger partial charge >= 0.3 is 0 Å². The lowest BCUT2D eigenvalue weighted by molar-refractivity contribution is 0.0755. The van der Waals surface area contributed by atoms with Gasteiger partial charge in [0.2, 0.25) is 0 Å². The number of amides is 1. The van der Waals surface area contributed by atoms with E-state index < -0.39 is 0 Å². The molecule has 0 aromatic heterocycles. The second-order valence-electron chi connectivity index (χ2n) is 6.85. The molecule has 2 aromatic rings. The fourth-order valence-corrected chi connectivity index (χ4v) is 3.39. The second-order valence-corrected chi connectivity index (χ2v) is 7.71. The molecule has 0 fully saturated rings. The molecular formula is C22H29BrN2O3. The lowest BCUT2D eigenvalue weighted by Crippen LogP contribution is -2.32. The first-order chi connectivity index (χ1) is 13.4. The van der Waals surface area contributed by atoms with Crippen molar-refractivity contribution in [2.45, 2.75) is 39.9 Å². The Hall–Kier alpha value is -2.05. The van der Waals surface area contributed by atoms with Crippen molar-refractivity contribution in [1.82, 2.24) is 10.2 Å². The SMILES string of the molecule is CCOc1cc(CNCc2ccc(C(=O)N(C)C(C)C)cc2)cc(Br)c1OC. The van der Waals surface area contributed by atoms with E-state index in [1.54, 1.807) is 12.0 Å². The Bertz CT molecular complexity index is 791. The van der Waals surface area contributed by atoms with Crippen LogP contribution in [0, 0.1) is 0 Å². The Balaban J connectivity index is 1.97. The van der Waals surface area contributed by atoms with Crippen molar-refractivity contribution in [3.8, 4) is 11.5 Å². The van der Waals surface area contributed by atoms with E-state index in [0.717, 1.165) is 21.3 Å². The number of methoxy groups -OCH3 is 1. The maximum atomic E-state index is 12.3. The largest absolute Gasteiger partial charge is 0.492 e. The average Bonchev–Trinajstić information content (AvgIpc) is 2.67. The number of carbonyl (C=O) groups excluding carboxylic acids is 1. The van der Waals surface area contributed by atoms with Crippen molar-refractivity contribution >= 4 is 21.8 Å². The maximum absolute atomic E-state index is 12.3. The van der Waals surface area contributed by atoms with Gasteiger partial charge in [0.25, 0.3) is 5.91 Å².